The number of nitrogens with zero attached hydrogens (tertiary/aromatic N) is 2. The van der Waals surface area contributed by atoms with Crippen molar-refractivity contribution in [2.75, 3.05) is 5.32 Å². The fourth-order valence-electron chi connectivity index (χ4n) is 1.59. The largest absolute Gasteiger partial charge is 0.310 e. The summed E-state index contributed by atoms with van der Waals surface area (Å²) in [4.78, 5) is 25.7. The quantitative estimate of drug-likeness (QED) is 0.533. The van der Waals surface area contributed by atoms with E-state index in [0.717, 1.165) is 0 Å². The van der Waals surface area contributed by atoms with Gasteiger partial charge >= 0.3 is 0 Å². The van der Waals surface area contributed by atoms with Crippen LogP contribution in [0.1, 0.15) is 5.56 Å². The second-order valence-corrected chi connectivity index (χ2v) is 4.38. The van der Waals surface area contributed by atoms with Gasteiger partial charge in [0.05, 0.1) is 11.3 Å². The van der Waals surface area contributed by atoms with E-state index in [1.54, 1.807) is 30.3 Å². The summed E-state index contributed by atoms with van der Waals surface area (Å²) >= 11 is 5.71. The molecule has 0 aliphatic heterocycles. The number of benzene rings is 1. The number of non-ortho nitro benzene ring substituents is 1. The number of nitro groups is 1. The molecule has 0 unspecified atom stereocenters. The van der Waals surface area contributed by atoms with Gasteiger partial charge in [-0.25, -0.2) is 4.98 Å². The summed E-state index contributed by atoms with van der Waals surface area (Å²) in [6, 6.07) is 10.7. The molecule has 7 heteroatoms. The van der Waals surface area contributed by atoms with Crippen LogP contribution in [0.25, 0.3) is 0 Å². The highest BCUT2D eigenvalue weighted by Gasteiger charge is 2.08. The maximum Gasteiger partial charge on any atom is 0.269 e. The molecule has 0 saturated carbocycles. The molecule has 1 aromatic heterocycles. The van der Waals surface area contributed by atoms with E-state index in [-0.39, 0.29) is 23.2 Å². The van der Waals surface area contributed by atoms with Crippen LogP contribution in [0.2, 0.25) is 5.15 Å². The van der Waals surface area contributed by atoms with Crippen molar-refractivity contribution in [2.45, 2.75) is 6.42 Å². The molecule has 0 fully saturated rings. The van der Waals surface area contributed by atoms with Crippen LogP contribution >= 0.6 is 11.6 Å². The summed E-state index contributed by atoms with van der Waals surface area (Å²) in [6.45, 7) is 0. The topological polar surface area (TPSA) is 85.1 Å². The van der Waals surface area contributed by atoms with Gasteiger partial charge in [0.1, 0.15) is 11.0 Å². The van der Waals surface area contributed by atoms with Crippen LogP contribution in [0.15, 0.2) is 42.5 Å². The zero-order valence-electron chi connectivity index (χ0n) is 10.2. The fraction of sp³-hybridized carbons (Fsp3) is 0.0769. The number of hydrogen-bond acceptors (Lipinski definition) is 4. The lowest BCUT2D eigenvalue weighted by atomic mass is 10.1. The van der Waals surface area contributed by atoms with Gasteiger partial charge in [-0.2, -0.15) is 0 Å². The van der Waals surface area contributed by atoms with Crippen molar-refractivity contribution in [3.63, 3.8) is 0 Å². The number of pyridine rings is 1. The molecule has 0 atom stereocenters. The molecule has 2 aromatic rings. The molecule has 20 heavy (non-hydrogen) atoms. The molecule has 0 aliphatic rings. The summed E-state index contributed by atoms with van der Waals surface area (Å²) in [5.41, 5.74) is 0.667. The molecule has 6 nitrogen and oxygen atoms in total. The van der Waals surface area contributed by atoms with Crippen molar-refractivity contribution in [3.05, 3.63) is 63.3 Å². The molecular weight excluding hydrogens is 282 g/mol. The Morgan fingerprint density at radius 2 is 1.95 bits per heavy atom. The molecule has 0 radical (unpaired) electrons. The van der Waals surface area contributed by atoms with Crippen molar-refractivity contribution in [3.8, 4) is 0 Å². The third kappa shape index (κ3) is 3.76. The number of aromatic nitrogens is 1. The van der Waals surface area contributed by atoms with Gasteiger partial charge in [0, 0.05) is 12.1 Å². The molecule has 1 aromatic carbocycles. The minimum absolute atomic E-state index is 0.00864. The molecule has 0 bridgehead atoms. The molecule has 1 N–H and O–H groups in total. The van der Waals surface area contributed by atoms with E-state index in [1.165, 1.54) is 12.1 Å². The van der Waals surface area contributed by atoms with Gasteiger partial charge < -0.3 is 5.32 Å². The summed E-state index contributed by atoms with van der Waals surface area (Å²) in [6.07, 6.45) is 0.103. The average molecular weight is 292 g/mol. The lowest BCUT2D eigenvalue weighted by Crippen LogP contribution is -2.15. The second kappa shape index (κ2) is 6.12. The Morgan fingerprint density at radius 3 is 2.55 bits per heavy atom. The van der Waals surface area contributed by atoms with Crippen molar-refractivity contribution < 1.29 is 9.72 Å². The third-order valence-corrected chi connectivity index (χ3v) is 2.70. The zero-order valence-corrected chi connectivity index (χ0v) is 11.0. The van der Waals surface area contributed by atoms with Gasteiger partial charge in [-0.1, -0.05) is 29.8 Å². The fourth-order valence-corrected chi connectivity index (χ4v) is 1.75. The molecular formula is C13H10ClN3O3. The zero-order chi connectivity index (χ0) is 14.5. The number of halogens is 1. The number of hydrogen-bond donors (Lipinski definition) is 1. The minimum Gasteiger partial charge on any atom is -0.310 e. The molecule has 0 aliphatic carbocycles. The first-order valence-corrected chi connectivity index (χ1v) is 6.08. The van der Waals surface area contributed by atoms with E-state index in [4.69, 9.17) is 11.6 Å². The normalized spacial score (nSPS) is 10.1. The van der Waals surface area contributed by atoms with E-state index >= 15 is 0 Å². The van der Waals surface area contributed by atoms with Crippen LogP contribution in [0.5, 0.6) is 0 Å². The Morgan fingerprint density at radius 1 is 1.25 bits per heavy atom. The monoisotopic (exact) mass is 291 g/mol. The molecule has 2 rings (SSSR count). The van der Waals surface area contributed by atoms with Crippen molar-refractivity contribution in [2.24, 2.45) is 0 Å². The highest BCUT2D eigenvalue weighted by atomic mass is 35.5. The van der Waals surface area contributed by atoms with Crippen molar-refractivity contribution in [1.82, 2.24) is 4.98 Å². The maximum absolute atomic E-state index is 11.8. The minimum atomic E-state index is -0.486. The van der Waals surface area contributed by atoms with Crippen LogP contribution in [0.4, 0.5) is 11.5 Å². The first-order valence-electron chi connectivity index (χ1n) is 5.70. The van der Waals surface area contributed by atoms with E-state index < -0.39 is 4.92 Å². The van der Waals surface area contributed by atoms with Gasteiger partial charge in [0.15, 0.2) is 0 Å². The summed E-state index contributed by atoms with van der Waals surface area (Å²) in [5.74, 6) is 0.0954. The molecule has 0 spiro atoms. The van der Waals surface area contributed by atoms with Gasteiger partial charge in [0.25, 0.3) is 5.69 Å². The third-order valence-electron chi connectivity index (χ3n) is 2.49. The highest BCUT2D eigenvalue weighted by molar-refractivity contribution is 6.29. The SMILES string of the molecule is O=C(Cc1ccc([N+](=O)[O-])cc1)Nc1cccc(Cl)n1. The Kier molecular flexibility index (Phi) is 4.27. The number of nitro benzene ring substituents is 1. The number of carbonyl (C=O) groups excluding carboxylic acids is 1. The lowest BCUT2D eigenvalue weighted by molar-refractivity contribution is -0.384. The maximum atomic E-state index is 11.8. The van der Waals surface area contributed by atoms with E-state index in [9.17, 15) is 14.9 Å². The summed E-state index contributed by atoms with van der Waals surface area (Å²) < 4.78 is 0. The van der Waals surface area contributed by atoms with Crippen LogP contribution < -0.4 is 5.32 Å². The Labute approximate surface area is 119 Å². The molecule has 0 saturated heterocycles. The summed E-state index contributed by atoms with van der Waals surface area (Å²) in [7, 11) is 0. The Balaban J connectivity index is 1.99. The van der Waals surface area contributed by atoms with Gasteiger partial charge in [-0.15, -0.1) is 0 Å². The lowest BCUT2D eigenvalue weighted by Gasteiger charge is -2.04. The van der Waals surface area contributed by atoms with Crippen LogP contribution in [-0.4, -0.2) is 15.8 Å². The van der Waals surface area contributed by atoms with Crippen molar-refractivity contribution >= 4 is 29.0 Å². The Hall–Kier alpha value is -2.47. The second-order valence-electron chi connectivity index (χ2n) is 3.99. The predicted octanol–water partition coefficient (Wildman–Crippen LogP) is 2.82. The highest BCUT2D eigenvalue weighted by Crippen LogP contribution is 2.13. The van der Waals surface area contributed by atoms with Crippen LogP contribution in [-0.2, 0) is 11.2 Å². The first-order chi connectivity index (χ1) is 9.54. The first kappa shape index (κ1) is 14.0. The predicted molar refractivity (Wildman–Crippen MR) is 74.7 cm³/mol. The van der Waals surface area contributed by atoms with Crippen LogP contribution in [0.3, 0.4) is 0 Å². The number of nitrogens with one attached hydrogen (secondary N) is 1. The summed E-state index contributed by atoms with van der Waals surface area (Å²) in [5, 5.41) is 13.4. The average Bonchev–Trinajstić information content (AvgIpc) is 2.39. The van der Waals surface area contributed by atoms with E-state index in [0.29, 0.717) is 11.4 Å². The van der Waals surface area contributed by atoms with Gasteiger partial charge in [-0.3, -0.25) is 14.9 Å². The number of amides is 1. The van der Waals surface area contributed by atoms with Gasteiger partial charge in [-0.05, 0) is 17.7 Å². The van der Waals surface area contributed by atoms with Crippen molar-refractivity contribution in [1.29, 1.82) is 0 Å². The smallest absolute Gasteiger partial charge is 0.269 e. The molecule has 1 amide bonds. The number of anilines is 1. The number of carbonyl (C=O) groups is 1. The molecule has 102 valence electrons. The molecule has 1 heterocycles. The van der Waals surface area contributed by atoms with Gasteiger partial charge in [0.2, 0.25) is 5.91 Å². The number of rotatable bonds is 4. The van der Waals surface area contributed by atoms with E-state index in [1.807, 2.05) is 0 Å². The Bertz CT molecular complexity index is 644. The van der Waals surface area contributed by atoms with E-state index in [2.05, 4.69) is 10.3 Å². The van der Waals surface area contributed by atoms with Crippen LogP contribution in [0, 0.1) is 10.1 Å². The standard InChI is InChI=1S/C13H10ClN3O3/c14-11-2-1-3-12(15-11)16-13(18)8-9-4-6-10(7-5-9)17(19)20/h1-7H,8H2,(H,15,16,18).